The minimum absolute atomic E-state index is 0.0631. The molecule has 0 spiro atoms. The van der Waals surface area contributed by atoms with Gasteiger partial charge in [0.05, 0.1) is 9.77 Å². The van der Waals surface area contributed by atoms with Crippen LogP contribution in [0.2, 0.25) is 0 Å². The first-order valence-corrected chi connectivity index (χ1v) is 11.1. The lowest BCUT2D eigenvalue weighted by Crippen LogP contribution is -2.35. The highest BCUT2D eigenvalue weighted by atomic mass is 32.2. The fraction of sp³-hybridized carbons (Fsp3) is 0.150. The predicted octanol–water partition coefficient (Wildman–Crippen LogP) is 4.03. The van der Waals surface area contributed by atoms with Crippen molar-refractivity contribution in [2.24, 2.45) is 0 Å². The van der Waals surface area contributed by atoms with Crippen LogP contribution < -0.4 is 4.72 Å². The van der Waals surface area contributed by atoms with E-state index in [1.165, 1.54) is 11.3 Å². The number of carbonyl (C=O) groups excluding carboxylic acids is 1. The number of amides is 1. The molecular weight excluding hydrogens is 418 g/mol. The molecule has 0 atom stereocenters. The summed E-state index contributed by atoms with van der Waals surface area (Å²) in [6, 6.07) is 10.8. The van der Waals surface area contributed by atoms with Crippen LogP contribution in [0.5, 0.6) is 0 Å². The molecule has 9 heteroatoms. The highest BCUT2D eigenvalue weighted by Gasteiger charge is 2.23. The molecule has 1 amide bonds. The van der Waals surface area contributed by atoms with Crippen molar-refractivity contribution in [3.63, 3.8) is 0 Å². The first kappa shape index (κ1) is 19.5. The summed E-state index contributed by atoms with van der Waals surface area (Å²) in [5.74, 6) is -2.01. The molecule has 1 N–H and O–H groups in total. The van der Waals surface area contributed by atoms with Gasteiger partial charge in [0.25, 0.3) is 15.9 Å². The molecule has 1 aliphatic rings. The second-order valence-corrected chi connectivity index (χ2v) is 9.28. The van der Waals surface area contributed by atoms with Crippen molar-refractivity contribution in [3.05, 3.63) is 81.5 Å². The molecule has 0 fully saturated rings. The first-order valence-electron chi connectivity index (χ1n) is 8.75. The van der Waals surface area contributed by atoms with Crippen molar-refractivity contribution in [2.75, 3.05) is 11.3 Å². The summed E-state index contributed by atoms with van der Waals surface area (Å²) in [5.41, 5.74) is 2.12. The van der Waals surface area contributed by atoms with Crippen LogP contribution >= 0.6 is 11.3 Å². The molecule has 0 saturated heterocycles. The zero-order chi connectivity index (χ0) is 20.6. The van der Waals surface area contributed by atoms with Gasteiger partial charge in [-0.25, -0.2) is 17.2 Å². The molecule has 0 bridgehead atoms. The van der Waals surface area contributed by atoms with Crippen molar-refractivity contribution in [2.45, 2.75) is 17.9 Å². The number of halogens is 2. The van der Waals surface area contributed by atoms with Crippen LogP contribution in [0.3, 0.4) is 0 Å². The van der Waals surface area contributed by atoms with Gasteiger partial charge in [0.15, 0.2) is 0 Å². The highest BCUT2D eigenvalue weighted by Crippen LogP contribution is 2.26. The van der Waals surface area contributed by atoms with Gasteiger partial charge in [0, 0.05) is 24.8 Å². The molecule has 2 heterocycles. The second kappa shape index (κ2) is 7.57. The number of hydrogen-bond donors (Lipinski definition) is 1. The topological polar surface area (TPSA) is 66.5 Å². The normalized spacial score (nSPS) is 13.8. The summed E-state index contributed by atoms with van der Waals surface area (Å²) in [6.07, 6.45) is 0.661. The fourth-order valence-electron chi connectivity index (χ4n) is 3.25. The summed E-state index contributed by atoms with van der Waals surface area (Å²) in [4.78, 5) is 14.5. The molecule has 4 rings (SSSR count). The molecule has 0 saturated carbocycles. The quantitative estimate of drug-likeness (QED) is 0.674. The lowest BCUT2D eigenvalue weighted by atomic mass is 9.99. The van der Waals surface area contributed by atoms with Crippen molar-refractivity contribution in [1.82, 2.24) is 4.90 Å². The third-order valence-electron chi connectivity index (χ3n) is 4.64. The van der Waals surface area contributed by atoms with E-state index in [0.717, 1.165) is 23.3 Å². The number of anilines is 1. The van der Waals surface area contributed by atoms with Gasteiger partial charge in [-0.15, -0.1) is 11.3 Å². The number of hydrogen-bond acceptors (Lipinski definition) is 4. The maximum Gasteiger partial charge on any atom is 0.264 e. The number of benzene rings is 2. The van der Waals surface area contributed by atoms with Gasteiger partial charge in [-0.3, -0.25) is 9.52 Å². The zero-order valence-corrected chi connectivity index (χ0v) is 16.7. The van der Waals surface area contributed by atoms with Crippen molar-refractivity contribution in [1.29, 1.82) is 0 Å². The smallest absolute Gasteiger partial charge is 0.264 e. The molecule has 5 nitrogen and oxygen atoms in total. The number of nitrogens with one attached hydrogen (secondary N) is 1. The van der Waals surface area contributed by atoms with Gasteiger partial charge < -0.3 is 4.90 Å². The maximum atomic E-state index is 13.4. The van der Waals surface area contributed by atoms with Crippen LogP contribution in [-0.2, 0) is 23.0 Å². The Morgan fingerprint density at radius 1 is 1.03 bits per heavy atom. The summed E-state index contributed by atoms with van der Waals surface area (Å²) in [7, 11) is -4.16. The van der Waals surface area contributed by atoms with E-state index in [9.17, 15) is 22.0 Å². The van der Waals surface area contributed by atoms with E-state index in [-0.39, 0.29) is 11.6 Å². The number of nitrogens with zero attached hydrogens (tertiary/aromatic N) is 1. The Labute approximate surface area is 170 Å². The van der Waals surface area contributed by atoms with Gasteiger partial charge >= 0.3 is 0 Å². The largest absolute Gasteiger partial charge is 0.333 e. The Morgan fingerprint density at radius 2 is 1.79 bits per heavy atom. The molecule has 3 aromatic rings. The van der Waals surface area contributed by atoms with Crippen LogP contribution in [0.25, 0.3) is 0 Å². The minimum atomic E-state index is -4.16. The number of rotatable bonds is 4. The van der Waals surface area contributed by atoms with Crippen LogP contribution in [0.15, 0.2) is 58.8 Å². The van der Waals surface area contributed by atoms with E-state index in [4.69, 9.17) is 0 Å². The molecule has 1 aromatic heterocycles. The Morgan fingerprint density at radius 3 is 2.48 bits per heavy atom. The molecule has 1 aliphatic heterocycles. The summed E-state index contributed by atoms with van der Waals surface area (Å²) >= 11 is 1.37. The third kappa shape index (κ3) is 4.15. The highest BCUT2D eigenvalue weighted by molar-refractivity contribution is 7.92. The Hall–Kier alpha value is -2.78. The SMILES string of the molecule is O=C(c1cccs1)N1CCc2ccc(NS(=O)(=O)c3cc(F)cc(F)c3)cc2C1. The fourth-order valence-corrected chi connectivity index (χ4v) is 5.03. The lowest BCUT2D eigenvalue weighted by Gasteiger charge is -2.29. The summed E-state index contributed by atoms with van der Waals surface area (Å²) in [5, 5.41) is 1.84. The minimum Gasteiger partial charge on any atom is -0.333 e. The molecule has 29 heavy (non-hydrogen) atoms. The molecule has 150 valence electrons. The Kier molecular flexibility index (Phi) is 5.10. The molecule has 0 radical (unpaired) electrons. The maximum absolute atomic E-state index is 13.4. The van der Waals surface area contributed by atoms with Crippen LogP contribution in [-0.4, -0.2) is 25.8 Å². The van der Waals surface area contributed by atoms with Gasteiger partial charge in [0.2, 0.25) is 0 Å². The van der Waals surface area contributed by atoms with Crippen molar-refractivity contribution >= 4 is 33.0 Å². The number of fused-ring (bicyclic) bond motifs is 1. The second-order valence-electron chi connectivity index (χ2n) is 6.65. The monoisotopic (exact) mass is 434 g/mol. The van der Waals surface area contributed by atoms with Gasteiger partial charge in [-0.2, -0.15) is 0 Å². The summed E-state index contributed by atoms with van der Waals surface area (Å²) in [6.45, 7) is 0.938. The van der Waals surface area contributed by atoms with Gasteiger partial charge in [0.1, 0.15) is 11.6 Å². The van der Waals surface area contributed by atoms with E-state index in [1.54, 1.807) is 29.2 Å². The van der Waals surface area contributed by atoms with Crippen molar-refractivity contribution < 1.29 is 22.0 Å². The Balaban J connectivity index is 1.57. The molecular formula is C20H16F2N2O3S2. The van der Waals surface area contributed by atoms with Crippen LogP contribution in [0.4, 0.5) is 14.5 Å². The molecule has 2 aromatic carbocycles. The Bertz CT molecular complexity index is 1160. The van der Waals surface area contributed by atoms with Crippen LogP contribution in [0.1, 0.15) is 20.8 Å². The zero-order valence-electron chi connectivity index (χ0n) is 15.1. The first-order chi connectivity index (χ1) is 13.8. The van der Waals surface area contributed by atoms with E-state index in [0.29, 0.717) is 30.5 Å². The molecule has 0 aliphatic carbocycles. The third-order valence-corrected chi connectivity index (χ3v) is 6.85. The molecule has 0 unspecified atom stereocenters. The number of thiophene rings is 1. The standard InChI is InChI=1S/C20H16F2N2O3S2/c21-15-9-16(22)11-18(10-15)29(26,27)23-17-4-3-13-5-6-24(12-14(13)8-17)20(25)19-2-1-7-28-19/h1-4,7-11,23H,5-6,12H2. The average Bonchev–Trinajstić information content (AvgIpc) is 3.20. The van der Waals surface area contributed by atoms with Crippen molar-refractivity contribution in [3.8, 4) is 0 Å². The predicted molar refractivity (Wildman–Crippen MR) is 106 cm³/mol. The van der Waals surface area contributed by atoms with E-state index in [2.05, 4.69) is 4.72 Å². The van der Waals surface area contributed by atoms with E-state index < -0.39 is 26.6 Å². The van der Waals surface area contributed by atoms with E-state index >= 15 is 0 Å². The van der Waals surface area contributed by atoms with Gasteiger partial charge in [-0.1, -0.05) is 12.1 Å². The summed E-state index contributed by atoms with van der Waals surface area (Å²) < 4.78 is 54.1. The van der Waals surface area contributed by atoms with E-state index in [1.807, 2.05) is 11.4 Å². The number of sulfonamides is 1. The average molecular weight is 434 g/mol. The van der Waals surface area contributed by atoms with Gasteiger partial charge in [-0.05, 0) is 53.3 Å². The van der Waals surface area contributed by atoms with Crippen LogP contribution in [0, 0.1) is 11.6 Å². The number of carbonyl (C=O) groups is 1. The lowest BCUT2D eigenvalue weighted by molar-refractivity contribution is 0.0739.